The molecule has 118 valence electrons. The fourth-order valence-corrected chi connectivity index (χ4v) is 2.64. The van der Waals surface area contributed by atoms with Gasteiger partial charge in [0.15, 0.2) is 0 Å². The van der Waals surface area contributed by atoms with Gasteiger partial charge in [-0.15, -0.1) is 0 Å². The van der Waals surface area contributed by atoms with Crippen molar-refractivity contribution in [2.24, 2.45) is 0 Å². The van der Waals surface area contributed by atoms with Crippen molar-refractivity contribution in [3.63, 3.8) is 0 Å². The minimum atomic E-state index is -0.0219. The predicted molar refractivity (Wildman–Crippen MR) is 89.4 cm³/mol. The first-order valence-electron chi connectivity index (χ1n) is 7.67. The van der Waals surface area contributed by atoms with Crippen molar-refractivity contribution < 1.29 is 4.79 Å². The lowest BCUT2D eigenvalue weighted by atomic mass is 10.1. The molecule has 5 nitrogen and oxygen atoms in total. The highest BCUT2D eigenvalue weighted by Gasteiger charge is 2.21. The molecule has 0 aromatic carbocycles. The quantitative estimate of drug-likeness (QED) is 0.744. The van der Waals surface area contributed by atoms with Crippen LogP contribution in [0.2, 0.25) is 0 Å². The molecule has 0 saturated carbocycles. The molecule has 0 spiro atoms. The molecule has 23 heavy (non-hydrogen) atoms. The molecule has 0 saturated heterocycles. The Hall–Kier alpha value is -2.69. The van der Waals surface area contributed by atoms with Crippen LogP contribution in [0.4, 0.5) is 0 Å². The van der Waals surface area contributed by atoms with E-state index in [2.05, 4.69) is 16.1 Å². The molecule has 3 aromatic heterocycles. The van der Waals surface area contributed by atoms with Gasteiger partial charge in [-0.2, -0.15) is 5.10 Å². The molecule has 0 bridgehead atoms. The maximum atomic E-state index is 12.8. The topological polar surface area (TPSA) is 50.5 Å². The largest absolute Gasteiger partial charge is 0.338 e. The zero-order chi connectivity index (χ0) is 16.4. The Morgan fingerprint density at radius 3 is 2.96 bits per heavy atom. The smallest absolute Gasteiger partial charge is 0.257 e. The lowest BCUT2D eigenvalue weighted by Crippen LogP contribution is -2.36. The minimum absolute atomic E-state index is 0.0219. The number of hydrogen-bond donors (Lipinski definition) is 0. The molecule has 0 aliphatic heterocycles. The van der Waals surface area contributed by atoms with Gasteiger partial charge in [-0.3, -0.25) is 9.78 Å². The van der Waals surface area contributed by atoms with Crippen molar-refractivity contribution in [3.8, 4) is 0 Å². The highest BCUT2D eigenvalue weighted by Crippen LogP contribution is 2.15. The van der Waals surface area contributed by atoms with E-state index in [-0.39, 0.29) is 11.9 Å². The van der Waals surface area contributed by atoms with Crippen LogP contribution in [0.5, 0.6) is 0 Å². The van der Waals surface area contributed by atoms with E-state index < -0.39 is 0 Å². The molecular weight excluding hydrogens is 288 g/mol. The van der Waals surface area contributed by atoms with Crippen LogP contribution in [-0.4, -0.2) is 38.5 Å². The van der Waals surface area contributed by atoms with Gasteiger partial charge in [-0.05, 0) is 43.7 Å². The molecule has 1 atom stereocenters. The lowest BCUT2D eigenvalue weighted by Gasteiger charge is -2.24. The number of amides is 1. The fourth-order valence-electron chi connectivity index (χ4n) is 2.64. The third-order valence-electron chi connectivity index (χ3n) is 4.12. The molecule has 3 aromatic rings. The second-order valence-corrected chi connectivity index (χ2v) is 5.88. The molecule has 0 N–H and O–H groups in total. The van der Waals surface area contributed by atoms with Crippen LogP contribution in [0.25, 0.3) is 5.52 Å². The van der Waals surface area contributed by atoms with Gasteiger partial charge in [0.1, 0.15) is 0 Å². The summed E-state index contributed by atoms with van der Waals surface area (Å²) in [6.45, 7) is 4.08. The van der Waals surface area contributed by atoms with Crippen molar-refractivity contribution in [2.75, 3.05) is 7.05 Å². The summed E-state index contributed by atoms with van der Waals surface area (Å²) in [7, 11) is 1.83. The van der Waals surface area contributed by atoms with Crippen LogP contribution in [0, 0.1) is 6.92 Å². The second-order valence-electron chi connectivity index (χ2n) is 5.88. The van der Waals surface area contributed by atoms with Crippen LogP contribution in [0.1, 0.15) is 28.5 Å². The number of rotatable bonds is 4. The summed E-state index contributed by atoms with van der Waals surface area (Å²) in [4.78, 5) is 18.9. The molecule has 1 unspecified atom stereocenters. The Morgan fingerprint density at radius 1 is 1.35 bits per heavy atom. The van der Waals surface area contributed by atoms with E-state index in [0.717, 1.165) is 17.6 Å². The summed E-state index contributed by atoms with van der Waals surface area (Å²) in [6, 6.07) is 9.79. The molecule has 0 aliphatic rings. The Morgan fingerprint density at radius 2 is 2.17 bits per heavy atom. The standard InChI is InChI=1S/C18H20N4O/c1-13-7-8-19-15(10-13)11-14(2)21(3)18(23)16-12-20-22-9-5-4-6-17(16)22/h4-10,12,14H,11H2,1-3H3. The van der Waals surface area contributed by atoms with Gasteiger partial charge in [0.05, 0.1) is 17.3 Å². The van der Waals surface area contributed by atoms with Crippen LogP contribution < -0.4 is 0 Å². The SMILES string of the molecule is Cc1ccnc(CC(C)N(C)C(=O)c2cnn3ccccc23)c1. The van der Waals surface area contributed by atoms with Gasteiger partial charge in [-0.1, -0.05) is 6.07 Å². The van der Waals surface area contributed by atoms with E-state index in [1.165, 1.54) is 5.56 Å². The Bertz CT molecular complexity index is 840. The lowest BCUT2D eigenvalue weighted by molar-refractivity contribution is 0.0745. The van der Waals surface area contributed by atoms with E-state index in [0.29, 0.717) is 5.56 Å². The Kier molecular flexibility index (Phi) is 4.10. The highest BCUT2D eigenvalue weighted by atomic mass is 16.2. The summed E-state index contributed by atoms with van der Waals surface area (Å²) in [5, 5.41) is 4.23. The number of fused-ring (bicyclic) bond motifs is 1. The number of aryl methyl sites for hydroxylation is 1. The summed E-state index contributed by atoms with van der Waals surface area (Å²) in [5.41, 5.74) is 3.62. The Labute approximate surface area is 135 Å². The molecule has 0 radical (unpaired) electrons. The minimum Gasteiger partial charge on any atom is -0.338 e. The van der Waals surface area contributed by atoms with Gasteiger partial charge >= 0.3 is 0 Å². The van der Waals surface area contributed by atoms with Gasteiger partial charge in [0.25, 0.3) is 5.91 Å². The van der Waals surface area contributed by atoms with Crippen molar-refractivity contribution in [2.45, 2.75) is 26.3 Å². The number of carbonyl (C=O) groups is 1. The van der Waals surface area contributed by atoms with E-state index in [1.807, 2.05) is 57.6 Å². The zero-order valence-electron chi connectivity index (χ0n) is 13.6. The molecule has 3 heterocycles. The fraction of sp³-hybridized carbons (Fsp3) is 0.278. The average Bonchev–Trinajstić information content (AvgIpc) is 2.97. The summed E-state index contributed by atoms with van der Waals surface area (Å²) in [6.07, 6.45) is 6.01. The maximum Gasteiger partial charge on any atom is 0.257 e. The first-order valence-corrected chi connectivity index (χ1v) is 7.67. The van der Waals surface area contributed by atoms with Crippen molar-refractivity contribution >= 4 is 11.4 Å². The molecule has 5 heteroatoms. The summed E-state index contributed by atoms with van der Waals surface area (Å²) < 4.78 is 1.72. The van der Waals surface area contributed by atoms with Gasteiger partial charge in [-0.25, -0.2) is 4.52 Å². The van der Waals surface area contributed by atoms with Gasteiger partial charge in [0, 0.05) is 37.6 Å². The molecule has 3 rings (SSSR count). The van der Waals surface area contributed by atoms with Crippen LogP contribution in [0.3, 0.4) is 0 Å². The second kappa shape index (κ2) is 6.20. The predicted octanol–water partition coefficient (Wildman–Crippen LogP) is 2.74. The van der Waals surface area contributed by atoms with E-state index in [1.54, 1.807) is 15.6 Å². The number of nitrogens with zero attached hydrogens (tertiary/aromatic N) is 4. The third-order valence-corrected chi connectivity index (χ3v) is 4.12. The molecular formula is C18H20N4O. The number of carbonyl (C=O) groups excluding carboxylic acids is 1. The number of pyridine rings is 2. The first kappa shape index (κ1) is 15.2. The average molecular weight is 308 g/mol. The van der Waals surface area contributed by atoms with Crippen LogP contribution >= 0.6 is 0 Å². The molecule has 1 amide bonds. The van der Waals surface area contributed by atoms with Crippen molar-refractivity contribution in [3.05, 3.63) is 65.7 Å². The third kappa shape index (κ3) is 3.08. The Balaban J connectivity index is 1.79. The molecule has 0 fully saturated rings. The number of likely N-dealkylation sites (N-methyl/N-ethyl adjacent to an activating group) is 1. The van der Waals surface area contributed by atoms with Crippen LogP contribution in [-0.2, 0) is 6.42 Å². The normalized spacial score (nSPS) is 12.3. The molecule has 0 aliphatic carbocycles. The van der Waals surface area contributed by atoms with Gasteiger partial charge in [0.2, 0.25) is 0 Å². The first-order chi connectivity index (χ1) is 11.1. The van der Waals surface area contributed by atoms with E-state index in [9.17, 15) is 4.79 Å². The summed E-state index contributed by atoms with van der Waals surface area (Å²) >= 11 is 0. The number of aromatic nitrogens is 3. The monoisotopic (exact) mass is 308 g/mol. The van der Waals surface area contributed by atoms with Gasteiger partial charge < -0.3 is 4.90 Å². The highest BCUT2D eigenvalue weighted by molar-refractivity contribution is 6.00. The zero-order valence-corrected chi connectivity index (χ0v) is 13.6. The van der Waals surface area contributed by atoms with Crippen molar-refractivity contribution in [1.82, 2.24) is 19.5 Å². The maximum absolute atomic E-state index is 12.8. The van der Waals surface area contributed by atoms with Crippen molar-refractivity contribution in [1.29, 1.82) is 0 Å². The number of hydrogen-bond acceptors (Lipinski definition) is 3. The van der Waals surface area contributed by atoms with Crippen LogP contribution in [0.15, 0.2) is 48.9 Å². The van der Waals surface area contributed by atoms with E-state index in [4.69, 9.17) is 0 Å². The van der Waals surface area contributed by atoms with E-state index >= 15 is 0 Å². The summed E-state index contributed by atoms with van der Waals surface area (Å²) in [5.74, 6) is -0.0219.